The molecule has 0 unspecified atom stereocenters. The second-order valence-corrected chi connectivity index (χ2v) is 6.62. The molecule has 1 atom stereocenters. The largest absolute Gasteiger partial charge is 0.388 e. The molecule has 2 heterocycles. The molecular weight excluding hydrogens is 386 g/mol. The Kier molecular flexibility index (Phi) is 5.44. The van der Waals surface area contributed by atoms with E-state index in [0.717, 1.165) is 4.57 Å². The minimum atomic E-state index is -0.872. The lowest BCUT2D eigenvalue weighted by Crippen LogP contribution is -2.41. The summed E-state index contributed by atoms with van der Waals surface area (Å²) < 4.78 is 7.16. The van der Waals surface area contributed by atoms with Gasteiger partial charge in [-0.05, 0) is 24.6 Å². The highest BCUT2D eigenvalue weighted by Gasteiger charge is 2.18. The lowest BCUT2D eigenvalue weighted by Gasteiger charge is -2.09. The van der Waals surface area contributed by atoms with Gasteiger partial charge in [0.2, 0.25) is 5.89 Å². The topological polar surface area (TPSA) is 127 Å². The van der Waals surface area contributed by atoms with E-state index in [2.05, 4.69) is 10.1 Å². The summed E-state index contributed by atoms with van der Waals surface area (Å²) in [5.74, 6) is 0.236. The molecule has 0 aliphatic carbocycles. The number of aromatic nitrogens is 4. The molecule has 0 saturated carbocycles. The first-order chi connectivity index (χ1) is 13.3. The molecule has 144 valence electrons. The van der Waals surface area contributed by atoms with Gasteiger partial charge >= 0.3 is 5.69 Å². The highest BCUT2D eigenvalue weighted by atomic mass is 35.5. The third-order valence-corrected chi connectivity index (χ3v) is 4.64. The maximum atomic E-state index is 12.4. The molecule has 0 bridgehead atoms. The Labute approximate surface area is 164 Å². The molecule has 0 aliphatic rings. The fraction of sp³-hybridized carbons (Fsp3) is 0.278. The van der Waals surface area contributed by atoms with E-state index in [1.54, 1.807) is 24.3 Å². The van der Waals surface area contributed by atoms with Crippen LogP contribution in [0.2, 0.25) is 5.02 Å². The first-order valence-corrected chi connectivity index (χ1v) is 8.65. The second kappa shape index (κ2) is 7.80. The molecule has 2 aromatic heterocycles. The van der Waals surface area contributed by atoms with Crippen LogP contribution in [0.25, 0.3) is 0 Å². The molecule has 1 aromatic carbocycles. The minimum absolute atomic E-state index is 0.0187. The second-order valence-electron chi connectivity index (χ2n) is 6.18. The van der Waals surface area contributed by atoms with Gasteiger partial charge in [0.1, 0.15) is 18.2 Å². The smallest absolute Gasteiger partial charge is 0.331 e. The van der Waals surface area contributed by atoms with E-state index < -0.39 is 17.4 Å². The quantitative estimate of drug-likeness (QED) is 0.677. The van der Waals surface area contributed by atoms with Crippen LogP contribution < -0.4 is 11.2 Å². The molecule has 28 heavy (non-hydrogen) atoms. The first kappa shape index (κ1) is 19.5. The number of rotatable bonds is 5. The molecule has 1 N–H and O–H groups in total. The molecule has 0 spiro atoms. The minimum Gasteiger partial charge on any atom is -0.388 e. The zero-order chi connectivity index (χ0) is 20.4. The summed E-state index contributed by atoms with van der Waals surface area (Å²) in [6.45, 7) is 1.25. The summed E-state index contributed by atoms with van der Waals surface area (Å²) in [5.41, 5.74) is -0.518. The van der Waals surface area contributed by atoms with Crippen molar-refractivity contribution in [1.82, 2.24) is 19.3 Å². The number of benzene rings is 1. The van der Waals surface area contributed by atoms with E-state index in [-0.39, 0.29) is 35.9 Å². The van der Waals surface area contributed by atoms with Crippen molar-refractivity contribution in [3.63, 3.8) is 0 Å². The maximum Gasteiger partial charge on any atom is 0.331 e. The van der Waals surface area contributed by atoms with Crippen molar-refractivity contribution >= 4 is 11.6 Å². The van der Waals surface area contributed by atoms with E-state index in [1.807, 2.05) is 6.07 Å². The van der Waals surface area contributed by atoms with Crippen LogP contribution in [0.5, 0.6) is 0 Å². The van der Waals surface area contributed by atoms with Gasteiger partial charge in [-0.2, -0.15) is 10.2 Å². The van der Waals surface area contributed by atoms with Crippen LogP contribution in [-0.2, 0) is 20.0 Å². The van der Waals surface area contributed by atoms with Crippen LogP contribution >= 0.6 is 11.6 Å². The monoisotopic (exact) mass is 401 g/mol. The summed E-state index contributed by atoms with van der Waals surface area (Å²) >= 11 is 5.83. The average Bonchev–Trinajstić information content (AvgIpc) is 3.11. The van der Waals surface area contributed by atoms with Gasteiger partial charge < -0.3 is 9.63 Å². The van der Waals surface area contributed by atoms with Crippen LogP contribution in [0.3, 0.4) is 0 Å². The highest BCUT2D eigenvalue weighted by molar-refractivity contribution is 6.30. The van der Waals surface area contributed by atoms with Gasteiger partial charge in [0.05, 0.1) is 6.10 Å². The summed E-state index contributed by atoms with van der Waals surface area (Å²) in [5, 5.41) is 23.8. The lowest BCUT2D eigenvalue weighted by atomic mass is 10.1. The van der Waals surface area contributed by atoms with Gasteiger partial charge in [0, 0.05) is 24.2 Å². The van der Waals surface area contributed by atoms with Crippen LogP contribution in [0.1, 0.15) is 34.6 Å². The summed E-state index contributed by atoms with van der Waals surface area (Å²) in [6, 6.07) is 8.51. The summed E-state index contributed by atoms with van der Waals surface area (Å²) in [7, 11) is 1.47. The van der Waals surface area contributed by atoms with Crippen LogP contribution in [0.4, 0.5) is 0 Å². The van der Waals surface area contributed by atoms with E-state index in [4.69, 9.17) is 21.4 Å². The summed E-state index contributed by atoms with van der Waals surface area (Å²) in [4.78, 5) is 28.9. The van der Waals surface area contributed by atoms with Crippen molar-refractivity contribution in [2.45, 2.75) is 26.0 Å². The molecule has 10 heteroatoms. The molecule has 3 aromatic rings. The zero-order valence-electron chi connectivity index (χ0n) is 15.1. The fourth-order valence-electron chi connectivity index (χ4n) is 2.69. The van der Waals surface area contributed by atoms with Crippen molar-refractivity contribution in [3.8, 4) is 6.07 Å². The van der Waals surface area contributed by atoms with Crippen molar-refractivity contribution < 1.29 is 9.63 Å². The Bertz CT molecular complexity index is 1170. The number of nitrogens with zero attached hydrogens (tertiary/aromatic N) is 5. The number of aliphatic hydroxyl groups excluding tert-OH is 1. The van der Waals surface area contributed by atoms with E-state index in [0.29, 0.717) is 10.6 Å². The SMILES string of the molecule is Cc1c(C#N)c(=O)n(Cc2nc(C[C@H](O)c3ccc(Cl)cc3)no2)c(=O)n1C. The predicted octanol–water partition coefficient (Wildman–Crippen LogP) is 1.09. The summed E-state index contributed by atoms with van der Waals surface area (Å²) in [6.07, 6.45) is -0.794. The number of nitriles is 1. The van der Waals surface area contributed by atoms with Crippen molar-refractivity contribution in [2.24, 2.45) is 7.05 Å². The van der Waals surface area contributed by atoms with E-state index in [9.17, 15) is 14.7 Å². The van der Waals surface area contributed by atoms with E-state index in [1.165, 1.54) is 18.5 Å². The van der Waals surface area contributed by atoms with Gasteiger partial charge in [-0.15, -0.1) is 0 Å². The molecule has 0 amide bonds. The third-order valence-electron chi connectivity index (χ3n) is 4.39. The number of hydrogen-bond donors (Lipinski definition) is 1. The van der Waals surface area contributed by atoms with Crippen molar-refractivity contribution in [3.05, 3.63) is 78.7 Å². The molecule has 0 fully saturated rings. The number of aliphatic hydroxyl groups is 1. The number of halogens is 1. The Morgan fingerprint density at radius 3 is 2.64 bits per heavy atom. The third kappa shape index (κ3) is 3.74. The molecule has 9 nitrogen and oxygen atoms in total. The first-order valence-electron chi connectivity index (χ1n) is 8.27. The van der Waals surface area contributed by atoms with Crippen molar-refractivity contribution in [1.29, 1.82) is 5.26 Å². The Balaban J connectivity index is 1.83. The van der Waals surface area contributed by atoms with Crippen molar-refractivity contribution in [2.75, 3.05) is 0 Å². The molecular formula is C18H16ClN5O4. The highest BCUT2D eigenvalue weighted by Crippen LogP contribution is 2.19. The normalized spacial score (nSPS) is 12.0. The Morgan fingerprint density at radius 2 is 2.00 bits per heavy atom. The molecule has 0 radical (unpaired) electrons. The standard InChI is InChI=1S/C18H16ClN5O4/c1-10-13(8-20)17(26)24(18(27)23(10)2)9-16-21-15(22-28-16)7-14(25)11-3-5-12(19)6-4-11/h3-6,14,25H,7,9H2,1-2H3/t14-/m0/s1. The van der Waals surface area contributed by atoms with Crippen LogP contribution in [0.15, 0.2) is 38.4 Å². The maximum absolute atomic E-state index is 12.4. The zero-order valence-corrected chi connectivity index (χ0v) is 15.8. The lowest BCUT2D eigenvalue weighted by molar-refractivity contribution is 0.174. The van der Waals surface area contributed by atoms with Gasteiger partial charge in [-0.3, -0.25) is 9.36 Å². The van der Waals surface area contributed by atoms with Crippen LogP contribution in [-0.4, -0.2) is 24.4 Å². The molecule has 0 aliphatic heterocycles. The molecule has 3 rings (SSSR count). The van der Waals surface area contributed by atoms with Gasteiger partial charge in [-0.1, -0.05) is 28.9 Å². The van der Waals surface area contributed by atoms with Gasteiger partial charge in [-0.25, -0.2) is 9.36 Å². The predicted molar refractivity (Wildman–Crippen MR) is 98.9 cm³/mol. The number of hydrogen-bond acceptors (Lipinski definition) is 7. The molecule has 0 saturated heterocycles. The van der Waals surface area contributed by atoms with E-state index >= 15 is 0 Å². The van der Waals surface area contributed by atoms with Gasteiger partial charge in [0.25, 0.3) is 5.56 Å². The average molecular weight is 402 g/mol. The Hall–Kier alpha value is -3.22. The Morgan fingerprint density at radius 1 is 1.32 bits per heavy atom. The fourth-order valence-corrected chi connectivity index (χ4v) is 2.81. The van der Waals surface area contributed by atoms with Crippen LogP contribution in [0, 0.1) is 18.3 Å². The van der Waals surface area contributed by atoms with Gasteiger partial charge in [0.15, 0.2) is 5.82 Å².